The zero-order valence-electron chi connectivity index (χ0n) is 9.54. The fourth-order valence-electron chi connectivity index (χ4n) is 1.59. The molecular weight excluding hydrogens is 234 g/mol. The van der Waals surface area contributed by atoms with E-state index in [-0.39, 0.29) is 5.76 Å². The average molecular weight is 245 g/mol. The third-order valence-electron chi connectivity index (χ3n) is 2.42. The smallest absolute Gasteiger partial charge is 0.404 e. The topological polar surface area (TPSA) is 63.7 Å². The summed E-state index contributed by atoms with van der Waals surface area (Å²) in [4.78, 5) is 34.7. The molecule has 1 aromatic carbocycles. The quantitative estimate of drug-likeness (QED) is 0.462. The van der Waals surface area contributed by atoms with Gasteiger partial charge < -0.3 is 9.53 Å². The predicted molar refractivity (Wildman–Crippen MR) is 63.8 cm³/mol. The molecule has 92 valence electrons. The number of rotatable bonds is 4. The summed E-state index contributed by atoms with van der Waals surface area (Å²) in [6, 6.07) is 8.53. The van der Waals surface area contributed by atoms with E-state index in [0.29, 0.717) is 18.5 Å². The van der Waals surface area contributed by atoms with E-state index in [4.69, 9.17) is 4.74 Å². The van der Waals surface area contributed by atoms with Crippen molar-refractivity contribution >= 4 is 24.0 Å². The Morgan fingerprint density at radius 3 is 2.50 bits per heavy atom. The van der Waals surface area contributed by atoms with Crippen LogP contribution in [-0.4, -0.2) is 18.3 Å². The highest BCUT2D eigenvalue weighted by Crippen LogP contribution is 2.24. The molecule has 0 aromatic heterocycles. The van der Waals surface area contributed by atoms with Gasteiger partial charge in [-0.3, -0.25) is 4.79 Å². The number of nitrogens with zero attached hydrogens (tertiary/aromatic N) is 1. The van der Waals surface area contributed by atoms with Crippen molar-refractivity contribution < 1.29 is 19.1 Å². The van der Waals surface area contributed by atoms with Crippen LogP contribution in [0.25, 0.3) is 0 Å². The van der Waals surface area contributed by atoms with E-state index >= 15 is 0 Å². The lowest BCUT2D eigenvalue weighted by Gasteiger charge is -2.08. The highest BCUT2D eigenvalue weighted by Gasteiger charge is 2.37. The lowest BCUT2D eigenvalue weighted by Crippen LogP contribution is -2.28. The van der Waals surface area contributed by atoms with Crippen LogP contribution in [-0.2, 0) is 14.3 Å². The van der Waals surface area contributed by atoms with E-state index < -0.39 is 12.0 Å². The van der Waals surface area contributed by atoms with Gasteiger partial charge in [-0.1, -0.05) is 18.2 Å². The number of carbonyl (C=O) groups excluding carboxylic acids is 3. The van der Waals surface area contributed by atoms with Crippen LogP contribution >= 0.6 is 0 Å². The molecule has 5 nitrogen and oxygen atoms in total. The summed E-state index contributed by atoms with van der Waals surface area (Å²) >= 11 is 0. The third kappa shape index (κ3) is 2.29. The molecule has 1 aliphatic heterocycles. The minimum atomic E-state index is -0.719. The first-order valence-corrected chi connectivity index (χ1v) is 5.49. The molecule has 18 heavy (non-hydrogen) atoms. The van der Waals surface area contributed by atoms with Crippen LogP contribution in [0.3, 0.4) is 0 Å². The Morgan fingerprint density at radius 2 is 1.83 bits per heavy atom. The van der Waals surface area contributed by atoms with Gasteiger partial charge in [0, 0.05) is 6.42 Å². The number of allylic oxidation sites excluding steroid dienone is 1. The molecule has 0 radical (unpaired) electrons. The van der Waals surface area contributed by atoms with Gasteiger partial charge >= 0.3 is 12.0 Å². The number of para-hydroxylation sites is 1. The molecule has 0 spiro atoms. The van der Waals surface area contributed by atoms with E-state index in [9.17, 15) is 14.4 Å². The molecule has 2 amide bonds. The number of aldehydes is 1. The van der Waals surface area contributed by atoms with Gasteiger partial charge in [0.2, 0.25) is 0 Å². The predicted octanol–water partition coefficient (Wildman–Crippen LogP) is 2.03. The summed E-state index contributed by atoms with van der Waals surface area (Å²) in [6.07, 6.45) is 2.15. The van der Waals surface area contributed by atoms with Gasteiger partial charge in [0.25, 0.3) is 0 Å². The second kappa shape index (κ2) is 5.27. The van der Waals surface area contributed by atoms with Gasteiger partial charge in [-0.25, -0.2) is 9.69 Å². The number of cyclic esters (lactones) is 1. The Labute approximate surface area is 104 Å². The molecule has 5 heteroatoms. The fraction of sp³-hybridized carbons (Fsp3) is 0.154. The van der Waals surface area contributed by atoms with Crippen molar-refractivity contribution in [2.45, 2.75) is 12.8 Å². The lowest BCUT2D eigenvalue weighted by molar-refractivity contribution is -0.115. The van der Waals surface area contributed by atoms with Crippen molar-refractivity contribution in [2.75, 3.05) is 4.90 Å². The van der Waals surface area contributed by atoms with Crippen molar-refractivity contribution in [1.29, 1.82) is 0 Å². The Kier molecular flexibility index (Phi) is 3.52. The molecule has 0 N–H and O–H groups in total. The minimum Gasteiger partial charge on any atom is -0.404 e. The Bertz CT molecular complexity index is 507. The third-order valence-corrected chi connectivity index (χ3v) is 2.42. The largest absolute Gasteiger partial charge is 0.427 e. The summed E-state index contributed by atoms with van der Waals surface area (Å²) in [5.74, 6) is -0.525. The van der Waals surface area contributed by atoms with Crippen LogP contribution < -0.4 is 4.90 Å². The highest BCUT2D eigenvalue weighted by molar-refractivity contribution is 6.23. The molecule has 0 saturated carbocycles. The first-order valence-electron chi connectivity index (χ1n) is 5.49. The number of benzene rings is 1. The summed E-state index contributed by atoms with van der Waals surface area (Å²) in [7, 11) is 0. The highest BCUT2D eigenvalue weighted by atomic mass is 16.6. The first kappa shape index (κ1) is 12.0. The zero-order valence-corrected chi connectivity index (χ0v) is 9.54. The van der Waals surface area contributed by atoms with E-state index in [0.717, 1.165) is 11.2 Å². The molecule has 2 rings (SSSR count). The zero-order chi connectivity index (χ0) is 13.0. The molecule has 0 unspecified atom stereocenters. The number of hydrogen-bond acceptors (Lipinski definition) is 4. The number of carbonyl (C=O) groups is 3. The van der Waals surface area contributed by atoms with Crippen LogP contribution in [0.5, 0.6) is 0 Å². The Morgan fingerprint density at radius 1 is 1.11 bits per heavy atom. The van der Waals surface area contributed by atoms with E-state index in [1.807, 2.05) is 0 Å². The maximum absolute atomic E-state index is 11.9. The van der Waals surface area contributed by atoms with Gasteiger partial charge in [-0.05, 0) is 24.6 Å². The number of anilines is 1. The average Bonchev–Trinajstić information content (AvgIpc) is 2.66. The summed E-state index contributed by atoms with van der Waals surface area (Å²) < 4.78 is 4.87. The molecule has 1 saturated heterocycles. The maximum Gasteiger partial charge on any atom is 0.427 e. The summed E-state index contributed by atoms with van der Waals surface area (Å²) in [6.45, 7) is 0. The maximum atomic E-state index is 11.9. The SMILES string of the molecule is O=CCC/C=C1/OC(=O)N(c2ccccc2)C1=O. The van der Waals surface area contributed by atoms with Crippen molar-refractivity contribution in [2.24, 2.45) is 0 Å². The minimum absolute atomic E-state index is 0.0225. The van der Waals surface area contributed by atoms with Crippen molar-refractivity contribution in [3.63, 3.8) is 0 Å². The number of imide groups is 1. The Hall–Kier alpha value is -2.43. The van der Waals surface area contributed by atoms with Crippen molar-refractivity contribution in [3.05, 3.63) is 42.2 Å². The number of unbranched alkanes of at least 4 members (excludes halogenated alkanes) is 1. The van der Waals surface area contributed by atoms with Gasteiger partial charge in [0.1, 0.15) is 6.29 Å². The lowest BCUT2D eigenvalue weighted by atomic mass is 10.2. The van der Waals surface area contributed by atoms with E-state index in [2.05, 4.69) is 0 Å². The van der Waals surface area contributed by atoms with Crippen LogP contribution in [0.2, 0.25) is 0 Å². The van der Waals surface area contributed by atoms with Gasteiger partial charge in [-0.15, -0.1) is 0 Å². The van der Waals surface area contributed by atoms with Crippen LogP contribution in [0.1, 0.15) is 12.8 Å². The van der Waals surface area contributed by atoms with Crippen LogP contribution in [0, 0.1) is 0 Å². The molecule has 0 bridgehead atoms. The van der Waals surface area contributed by atoms with E-state index in [1.54, 1.807) is 30.3 Å². The molecule has 0 aliphatic carbocycles. The van der Waals surface area contributed by atoms with Crippen LogP contribution in [0.15, 0.2) is 42.2 Å². The molecule has 0 atom stereocenters. The number of hydrogen-bond donors (Lipinski definition) is 0. The van der Waals surface area contributed by atoms with Gasteiger partial charge in [0.05, 0.1) is 5.69 Å². The number of amides is 2. The second-order valence-electron chi connectivity index (χ2n) is 3.66. The second-order valence-corrected chi connectivity index (χ2v) is 3.66. The van der Waals surface area contributed by atoms with Crippen LogP contribution in [0.4, 0.5) is 10.5 Å². The van der Waals surface area contributed by atoms with E-state index in [1.165, 1.54) is 6.08 Å². The molecule has 1 aromatic rings. The number of ether oxygens (including phenoxy) is 1. The molecule has 1 heterocycles. The summed E-state index contributed by atoms with van der Waals surface area (Å²) in [5.41, 5.74) is 0.464. The van der Waals surface area contributed by atoms with Crippen molar-refractivity contribution in [3.8, 4) is 0 Å². The van der Waals surface area contributed by atoms with Crippen molar-refractivity contribution in [1.82, 2.24) is 0 Å². The molecule has 1 fully saturated rings. The Balaban J connectivity index is 2.20. The van der Waals surface area contributed by atoms with Gasteiger partial charge in [0.15, 0.2) is 5.76 Å². The summed E-state index contributed by atoms with van der Waals surface area (Å²) in [5, 5.41) is 0. The molecular formula is C13H11NO4. The monoisotopic (exact) mass is 245 g/mol. The first-order chi connectivity index (χ1) is 8.74. The standard InChI is InChI=1S/C13H11NO4/c15-9-5-4-8-11-12(16)14(13(17)18-11)10-6-2-1-3-7-10/h1-3,6-9H,4-5H2/b11-8+. The molecule has 1 aliphatic rings. The fourth-order valence-corrected chi connectivity index (χ4v) is 1.59. The van der Waals surface area contributed by atoms with Gasteiger partial charge in [-0.2, -0.15) is 0 Å². The normalized spacial score (nSPS) is 17.1.